The van der Waals surface area contributed by atoms with Gasteiger partial charge < -0.3 is 28.8 Å². The summed E-state index contributed by atoms with van der Waals surface area (Å²) in [7, 11) is 1.20. The van der Waals surface area contributed by atoms with Gasteiger partial charge >= 0.3 is 0 Å². The molecule has 0 saturated heterocycles. The summed E-state index contributed by atoms with van der Waals surface area (Å²) in [6.45, 7) is 4.55. The first-order valence-corrected chi connectivity index (χ1v) is 24.3. The normalized spacial score (nSPS) is 15.0. The Morgan fingerprint density at radius 1 is 0.614 bits per heavy atom. The minimum Gasteiger partial charge on any atom is -0.756 e. The van der Waals surface area contributed by atoms with Gasteiger partial charge in [-0.2, -0.15) is 0 Å². The van der Waals surface area contributed by atoms with Gasteiger partial charge in [-0.25, -0.2) is 0 Å². The Hall–Kier alpha value is -2.06. The molecule has 0 aliphatic heterocycles. The summed E-state index contributed by atoms with van der Waals surface area (Å²) in [6, 6.07) is -0.934. The molecular formula is C48H87N2O6P. The Morgan fingerprint density at radius 3 is 1.54 bits per heavy atom. The van der Waals surface area contributed by atoms with Gasteiger partial charge in [-0.1, -0.05) is 170 Å². The third-order valence-electron chi connectivity index (χ3n) is 9.64. The monoisotopic (exact) mass is 819 g/mol. The SMILES string of the molecule is CCCCCCCCC/C=C/C/C=C/C/C=C/C/C=C/CCCC(=O)N[C@@H](COP(=O)([O-])OCC[N+](C)(C)C)[C@H](O)/C=C/CC/C=C/CCCCCCCCCC. The van der Waals surface area contributed by atoms with E-state index in [0.29, 0.717) is 17.4 Å². The van der Waals surface area contributed by atoms with E-state index in [1.54, 1.807) is 6.08 Å². The molecule has 3 atom stereocenters. The van der Waals surface area contributed by atoms with Crippen molar-refractivity contribution in [2.45, 2.75) is 187 Å². The van der Waals surface area contributed by atoms with Gasteiger partial charge in [0.05, 0.1) is 39.9 Å². The van der Waals surface area contributed by atoms with E-state index in [0.717, 1.165) is 44.9 Å². The Balaban J connectivity index is 4.55. The van der Waals surface area contributed by atoms with E-state index in [-0.39, 0.29) is 18.9 Å². The van der Waals surface area contributed by atoms with Crippen molar-refractivity contribution in [2.24, 2.45) is 0 Å². The highest BCUT2D eigenvalue weighted by atomic mass is 31.2. The molecule has 9 heteroatoms. The number of phosphoric acid groups is 1. The van der Waals surface area contributed by atoms with E-state index in [1.807, 2.05) is 27.2 Å². The zero-order valence-corrected chi connectivity index (χ0v) is 38.2. The van der Waals surface area contributed by atoms with Crippen molar-refractivity contribution in [2.75, 3.05) is 40.9 Å². The second-order valence-electron chi connectivity index (χ2n) is 16.4. The van der Waals surface area contributed by atoms with E-state index in [4.69, 9.17) is 9.05 Å². The number of likely N-dealkylation sites (N-methyl/N-ethyl adjacent to an activating group) is 1. The first-order chi connectivity index (χ1) is 27.5. The molecule has 2 N–H and O–H groups in total. The van der Waals surface area contributed by atoms with Crippen LogP contribution in [0.2, 0.25) is 0 Å². The lowest BCUT2D eigenvalue weighted by atomic mass is 10.1. The topological polar surface area (TPSA) is 108 Å². The molecule has 0 spiro atoms. The number of rotatable bonds is 40. The van der Waals surface area contributed by atoms with Crippen LogP contribution in [-0.4, -0.2) is 68.5 Å². The highest BCUT2D eigenvalue weighted by Crippen LogP contribution is 2.38. The van der Waals surface area contributed by atoms with Crippen LogP contribution in [0.15, 0.2) is 72.9 Å². The average Bonchev–Trinajstić information content (AvgIpc) is 3.16. The number of amides is 1. The second-order valence-corrected chi connectivity index (χ2v) is 17.8. The maximum atomic E-state index is 12.8. The van der Waals surface area contributed by atoms with Crippen LogP contribution in [0.25, 0.3) is 0 Å². The van der Waals surface area contributed by atoms with E-state index in [2.05, 4.69) is 79.9 Å². The van der Waals surface area contributed by atoms with E-state index in [9.17, 15) is 19.4 Å². The summed E-state index contributed by atoms with van der Waals surface area (Å²) in [5.74, 6) is -0.264. The van der Waals surface area contributed by atoms with Crippen LogP contribution in [0.4, 0.5) is 0 Å². The molecule has 0 heterocycles. The largest absolute Gasteiger partial charge is 0.756 e. The van der Waals surface area contributed by atoms with Gasteiger partial charge in [-0.05, 0) is 70.6 Å². The summed E-state index contributed by atoms with van der Waals surface area (Å²) in [5, 5.41) is 13.7. The van der Waals surface area contributed by atoms with Gasteiger partial charge in [-0.15, -0.1) is 0 Å². The molecule has 8 nitrogen and oxygen atoms in total. The smallest absolute Gasteiger partial charge is 0.268 e. The van der Waals surface area contributed by atoms with Crippen LogP contribution in [0.5, 0.6) is 0 Å². The van der Waals surface area contributed by atoms with Crippen molar-refractivity contribution in [1.82, 2.24) is 5.32 Å². The average molecular weight is 819 g/mol. The lowest BCUT2D eigenvalue weighted by molar-refractivity contribution is -0.870. The van der Waals surface area contributed by atoms with Gasteiger partial charge in [0.1, 0.15) is 13.2 Å². The van der Waals surface area contributed by atoms with E-state index in [1.165, 1.54) is 103 Å². The minimum atomic E-state index is -4.61. The molecule has 0 radical (unpaired) electrons. The highest BCUT2D eigenvalue weighted by molar-refractivity contribution is 7.45. The van der Waals surface area contributed by atoms with Crippen LogP contribution >= 0.6 is 7.82 Å². The number of quaternary nitrogens is 1. The molecule has 0 saturated carbocycles. The predicted octanol–water partition coefficient (Wildman–Crippen LogP) is 12.2. The van der Waals surface area contributed by atoms with Crippen molar-refractivity contribution in [3.05, 3.63) is 72.9 Å². The van der Waals surface area contributed by atoms with Crippen molar-refractivity contribution in [3.63, 3.8) is 0 Å². The lowest BCUT2D eigenvalue weighted by Crippen LogP contribution is -2.45. The maximum absolute atomic E-state index is 12.8. The molecule has 0 aromatic rings. The number of aliphatic hydroxyl groups is 1. The molecule has 1 unspecified atom stereocenters. The number of nitrogens with one attached hydrogen (secondary N) is 1. The van der Waals surface area contributed by atoms with Crippen molar-refractivity contribution >= 4 is 13.7 Å². The molecule has 57 heavy (non-hydrogen) atoms. The Kier molecular flexibility index (Phi) is 38.0. The summed E-state index contributed by atoms with van der Waals surface area (Å²) < 4.78 is 23.1. The number of aliphatic hydroxyl groups excluding tert-OH is 1. The Labute approximate surface area is 351 Å². The standard InChI is InChI=1S/C48H87N2O6P/c1-6-8-10-12-14-16-18-20-22-23-24-25-26-27-28-30-32-34-36-38-40-42-48(52)49-46(45-56-57(53,54)55-44-43-50(3,4)5)47(51)41-39-37-35-33-31-29-21-19-17-15-13-11-9-7-2/h22-23,25-26,28,30-31,33-34,36,39,41,46-47,51H,6-21,24,27,29,32,35,37-38,40,42-45H2,1-5H3,(H-,49,52,53,54)/b23-22+,26-25+,30-28+,33-31+,36-34+,41-39+/t46-,47+/m0/s1. The summed E-state index contributed by atoms with van der Waals surface area (Å²) in [5.41, 5.74) is 0. The second kappa shape index (κ2) is 39.4. The number of nitrogens with zero attached hydrogens (tertiary/aromatic N) is 1. The van der Waals surface area contributed by atoms with Crippen LogP contribution in [0, 0.1) is 0 Å². The molecule has 0 aromatic heterocycles. The Bertz CT molecular complexity index is 1160. The first kappa shape index (κ1) is 54.9. The number of hydrogen-bond donors (Lipinski definition) is 2. The van der Waals surface area contributed by atoms with Gasteiger partial charge in [0.2, 0.25) is 5.91 Å². The van der Waals surface area contributed by atoms with Crippen LogP contribution < -0.4 is 10.2 Å². The molecule has 0 aliphatic rings. The van der Waals surface area contributed by atoms with Crippen LogP contribution in [0.1, 0.15) is 174 Å². The quantitative estimate of drug-likeness (QED) is 0.0276. The predicted molar refractivity (Wildman–Crippen MR) is 242 cm³/mol. The van der Waals surface area contributed by atoms with Gasteiger partial charge in [0.25, 0.3) is 7.82 Å². The molecule has 330 valence electrons. The lowest BCUT2D eigenvalue weighted by Gasteiger charge is -2.29. The third kappa shape index (κ3) is 41.9. The highest BCUT2D eigenvalue weighted by Gasteiger charge is 2.23. The summed E-state index contributed by atoms with van der Waals surface area (Å²) >= 11 is 0. The number of unbranched alkanes of at least 4 members (excludes halogenated alkanes) is 17. The minimum absolute atomic E-state index is 0.0199. The number of allylic oxidation sites excluding steroid dienone is 11. The van der Waals surface area contributed by atoms with Crippen LogP contribution in [0.3, 0.4) is 0 Å². The van der Waals surface area contributed by atoms with Gasteiger partial charge in [-0.3, -0.25) is 9.36 Å². The fourth-order valence-corrected chi connectivity index (χ4v) is 6.71. The first-order valence-electron chi connectivity index (χ1n) is 22.8. The zero-order chi connectivity index (χ0) is 42.1. The summed E-state index contributed by atoms with van der Waals surface area (Å²) in [4.78, 5) is 25.3. The van der Waals surface area contributed by atoms with Gasteiger partial charge in [0, 0.05) is 6.42 Å². The van der Waals surface area contributed by atoms with Crippen molar-refractivity contribution < 1.29 is 32.9 Å². The molecule has 0 fully saturated rings. The number of hydrogen-bond acceptors (Lipinski definition) is 6. The molecule has 0 rings (SSSR count). The fourth-order valence-electron chi connectivity index (χ4n) is 5.98. The Morgan fingerprint density at radius 2 is 1.04 bits per heavy atom. The molecule has 1 amide bonds. The van der Waals surface area contributed by atoms with Gasteiger partial charge in [0.15, 0.2) is 0 Å². The number of phosphoric ester groups is 1. The maximum Gasteiger partial charge on any atom is 0.268 e. The number of carbonyl (C=O) groups is 1. The van der Waals surface area contributed by atoms with Crippen molar-refractivity contribution in [3.8, 4) is 0 Å². The molecule has 0 aromatic carbocycles. The molecule has 0 aliphatic carbocycles. The van der Waals surface area contributed by atoms with E-state index >= 15 is 0 Å². The number of carbonyl (C=O) groups excluding carboxylic acids is 1. The zero-order valence-electron chi connectivity index (χ0n) is 37.3. The molecule has 0 bridgehead atoms. The van der Waals surface area contributed by atoms with Crippen LogP contribution in [-0.2, 0) is 18.4 Å². The fraction of sp³-hybridized carbons (Fsp3) is 0.729. The summed E-state index contributed by atoms with van der Waals surface area (Å²) in [6.07, 6.45) is 52.5. The van der Waals surface area contributed by atoms with Crippen molar-refractivity contribution in [1.29, 1.82) is 0 Å². The van der Waals surface area contributed by atoms with E-state index < -0.39 is 26.6 Å². The third-order valence-corrected chi connectivity index (χ3v) is 10.6. The molecular weight excluding hydrogens is 732 g/mol.